The van der Waals surface area contributed by atoms with E-state index in [1.165, 1.54) is 38.9 Å². The molecule has 4 atom stereocenters. The highest BCUT2D eigenvalue weighted by atomic mass is 32.2. The fourth-order valence-electron chi connectivity index (χ4n) is 8.93. The number of nitrogens with one attached hydrogen (secondary N) is 1. The molecular weight excluding hydrogens is 614 g/mol. The fourth-order valence-corrected chi connectivity index (χ4v) is 9.47. The molecule has 0 spiro atoms. The molecule has 4 aliphatic rings. The van der Waals surface area contributed by atoms with E-state index in [4.69, 9.17) is 4.74 Å². The van der Waals surface area contributed by atoms with E-state index in [2.05, 4.69) is 52.1 Å². The lowest BCUT2D eigenvalue weighted by Crippen LogP contribution is -2.59. The summed E-state index contributed by atoms with van der Waals surface area (Å²) in [5, 5.41) is 1.07. The van der Waals surface area contributed by atoms with Gasteiger partial charge in [0.25, 0.3) is 5.91 Å². The third-order valence-corrected chi connectivity index (χ3v) is 12.7. The van der Waals surface area contributed by atoms with Gasteiger partial charge >= 0.3 is 10.2 Å². The van der Waals surface area contributed by atoms with Crippen molar-refractivity contribution < 1.29 is 22.7 Å². The van der Waals surface area contributed by atoms with E-state index in [1.807, 2.05) is 18.2 Å². The molecule has 3 fully saturated rings. The summed E-state index contributed by atoms with van der Waals surface area (Å²) in [5.41, 5.74) is 5.20. The van der Waals surface area contributed by atoms with Gasteiger partial charge in [0.15, 0.2) is 0 Å². The van der Waals surface area contributed by atoms with E-state index in [-0.39, 0.29) is 29.5 Å². The molecule has 3 heterocycles. The summed E-state index contributed by atoms with van der Waals surface area (Å²) in [7, 11) is 2.61. The third kappa shape index (κ3) is 5.25. The number of likely N-dealkylation sites (N-methyl/N-ethyl adjacent to an activating group) is 1. The number of carbonyl (C=O) groups excluding carboxylic acids is 2. The SMILES string of the molecule is COc1ccc2c(c1)[C@H]1C[C@@]1(C(=O)N1C(C)CN(C)C[C@H]1C)Cn1c-2c(C2CCCCC2)c2ccc(C(=O)NS(=O)(=O)N(C)C)cc21. The van der Waals surface area contributed by atoms with Crippen molar-refractivity contribution in [3.8, 4) is 17.0 Å². The molecule has 7 rings (SSSR count). The number of carbonyl (C=O) groups is 2. The Morgan fingerprint density at radius 2 is 1.70 bits per heavy atom. The molecule has 1 N–H and O–H groups in total. The molecule has 0 radical (unpaired) electrons. The van der Waals surface area contributed by atoms with Gasteiger partial charge in [0, 0.05) is 73.8 Å². The Kier molecular flexibility index (Phi) is 7.96. The molecular formula is C36H47N5O5S. The number of benzene rings is 2. The highest BCUT2D eigenvalue weighted by Crippen LogP contribution is 2.66. The van der Waals surface area contributed by atoms with Crippen molar-refractivity contribution in [2.24, 2.45) is 5.41 Å². The van der Waals surface area contributed by atoms with Crippen LogP contribution in [0.15, 0.2) is 36.4 Å². The van der Waals surface area contributed by atoms with Crippen molar-refractivity contribution in [3.05, 3.63) is 53.1 Å². The first-order valence-electron chi connectivity index (χ1n) is 17.0. The maximum absolute atomic E-state index is 14.9. The summed E-state index contributed by atoms with van der Waals surface area (Å²) in [4.78, 5) is 32.7. The van der Waals surface area contributed by atoms with Gasteiger partial charge in [0.2, 0.25) is 5.91 Å². The third-order valence-electron chi connectivity index (χ3n) is 11.2. The Bertz CT molecular complexity index is 1850. The van der Waals surface area contributed by atoms with Crippen molar-refractivity contribution in [1.29, 1.82) is 0 Å². The normalized spacial score (nSPS) is 26.4. The topological polar surface area (TPSA) is 104 Å². The minimum atomic E-state index is -3.97. The predicted octanol–water partition coefficient (Wildman–Crippen LogP) is 4.94. The largest absolute Gasteiger partial charge is 0.497 e. The molecule has 3 aromatic rings. The van der Waals surface area contributed by atoms with Crippen LogP contribution in [-0.4, -0.2) is 92.3 Å². The van der Waals surface area contributed by atoms with E-state index in [0.717, 1.165) is 70.1 Å². The quantitative estimate of drug-likeness (QED) is 0.402. The van der Waals surface area contributed by atoms with Crippen LogP contribution in [0.1, 0.15) is 85.7 Å². The van der Waals surface area contributed by atoms with Gasteiger partial charge in [0.05, 0.1) is 18.2 Å². The predicted molar refractivity (Wildman–Crippen MR) is 183 cm³/mol. The molecule has 0 bridgehead atoms. The standard InChI is InChI=1S/C36H47N5O5S/c1-22-19-39(5)20-23(2)41(22)35(43)36-18-30(36)29-17-26(46-6)13-15-27(29)33-32(24-10-8-7-9-11-24)28-14-12-25(16-31(28)40(33)21-36)34(42)37-47(44,45)38(3)4/h12-17,22-24,30H,7-11,18-21H2,1-6H3,(H,37,42)/t22-,23?,30-,36-/m1/s1. The van der Waals surface area contributed by atoms with Gasteiger partial charge in [-0.2, -0.15) is 12.7 Å². The van der Waals surface area contributed by atoms with Gasteiger partial charge in [-0.25, -0.2) is 4.72 Å². The van der Waals surface area contributed by atoms with Gasteiger partial charge in [-0.15, -0.1) is 0 Å². The first kappa shape index (κ1) is 32.2. The van der Waals surface area contributed by atoms with E-state index in [0.29, 0.717) is 12.5 Å². The monoisotopic (exact) mass is 661 g/mol. The number of rotatable bonds is 6. The molecule has 1 unspecified atom stereocenters. The summed E-state index contributed by atoms with van der Waals surface area (Å²) in [6.07, 6.45) is 6.48. The van der Waals surface area contributed by atoms with Crippen LogP contribution in [0.25, 0.3) is 22.2 Å². The van der Waals surface area contributed by atoms with Gasteiger partial charge in [-0.1, -0.05) is 25.3 Å². The Morgan fingerprint density at radius 3 is 2.36 bits per heavy atom. The average molecular weight is 662 g/mol. The zero-order valence-electron chi connectivity index (χ0n) is 28.4. The zero-order chi connectivity index (χ0) is 33.4. The van der Waals surface area contributed by atoms with Crippen LogP contribution >= 0.6 is 0 Å². The fraction of sp³-hybridized carbons (Fsp3) is 0.556. The molecule has 2 aliphatic carbocycles. The number of hydrogen-bond donors (Lipinski definition) is 1. The van der Waals surface area contributed by atoms with Crippen LogP contribution in [0.4, 0.5) is 0 Å². The average Bonchev–Trinajstić information content (AvgIpc) is 3.70. The second kappa shape index (κ2) is 11.6. The van der Waals surface area contributed by atoms with Crippen LogP contribution in [0.2, 0.25) is 0 Å². The van der Waals surface area contributed by atoms with E-state index < -0.39 is 21.5 Å². The zero-order valence-corrected chi connectivity index (χ0v) is 29.2. The van der Waals surface area contributed by atoms with Crippen molar-refractivity contribution >= 4 is 32.9 Å². The van der Waals surface area contributed by atoms with E-state index in [1.54, 1.807) is 13.2 Å². The first-order chi connectivity index (χ1) is 22.4. The second-order valence-corrected chi connectivity index (χ2v) is 16.5. The van der Waals surface area contributed by atoms with Crippen LogP contribution in [0, 0.1) is 5.41 Å². The van der Waals surface area contributed by atoms with E-state index >= 15 is 0 Å². The van der Waals surface area contributed by atoms with Gasteiger partial charge in [-0.05, 0) is 87.5 Å². The second-order valence-electron chi connectivity index (χ2n) is 14.6. The van der Waals surface area contributed by atoms with Crippen molar-refractivity contribution in [3.63, 3.8) is 0 Å². The molecule has 47 heavy (non-hydrogen) atoms. The minimum absolute atomic E-state index is 0.0463. The number of ether oxygens (including phenoxy) is 1. The summed E-state index contributed by atoms with van der Waals surface area (Å²) in [5.74, 6) is 0.701. The number of aromatic nitrogens is 1. The smallest absolute Gasteiger partial charge is 0.303 e. The van der Waals surface area contributed by atoms with Gasteiger partial charge < -0.3 is 19.1 Å². The lowest BCUT2D eigenvalue weighted by atomic mass is 9.81. The Morgan fingerprint density at radius 1 is 1.00 bits per heavy atom. The minimum Gasteiger partial charge on any atom is -0.497 e. The van der Waals surface area contributed by atoms with E-state index in [9.17, 15) is 18.0 Å². The molecule has 1 aromatic heterocycles. The number of methoxy groups -OCH3 is 1. The van der Waals surface area contributed by atoms with Crippen molar-refractivity contribution in [2.75, 3.05) is 41.3 Å². The number of amides is 2. The molecule has 1 saturated heterocycles. The number of fused-ring (bicyclic) bond motifs is 7. The highest BCUT2D eigenvalue weighted by molar-refractivity contribution is 7.87. The van der Waals surface area contributed by atoms with Crippen LogP contribution in [0.5, 0.6) is 5.75 Å². The maximum atomic E-state index is 14.9. The summed E-state index contributed by atoms with van der Waals surface area (Å²) in [6.45, 7) is 6.46. The lowest BCUT2D eigenvalue weighted by molar-refractivity contribution is -0.145. The maximum Gasteiger partial charge on any atom is 0.303 e. The molecule has 10 nitrogen and oxygen atoms in total. The van der Waals surface area contributed by atoms with Gasteiger partial charge in [-0.3, -0.25) is 9.59 Å². The lowest BCUT2D eigenvalue weighted by Gasteiger charge is -2.45. The van der Waals surface area contributed by atoms with Crippen LogP contribution in [-0.2, 0) is 21.5 Å². The molecule has 11 heteroatoms. The van der Waals surface area contributed by atoms with Gasteiger partial charge in [0.1, 0.15) is 5.75 Å². The number of nitrogens with zero attached hydrogens (tertiary/aromatic N) is 4. The summed E-state index contributed by atoms with van der Waals surface area (Å²) in [6, 6.07) is 12.0. The molecule has 252 valence electrons. The Labute approximate surface area is 278 Å². The molecule has 2 aromatic carbocycles. The van der Waals surface area contributed by atoms with Crippen molar-refractivity contribution in [1.82, 2.24) is 23.4 Å². The summed E-state index contributed by atoms with van der Waals surface area (Å²) < 4.78 is 36.4. The van der Waals surface area contributed by atoms with Crippen LogP contribution in [0.3, 0.4) is 0 Å². The Balaban J connectivity index is 1.44. The molecule has 2 aliphatic heterocycles. The Hall–Kier alpha value is -3.41. The van der Waals surface area contributed by atoms with Crippen molar-refractivity contribution in [2.45, 2.75) is 82.8 Å². The summed E-state index contributed by atoms with van der Waals surface area (Å²) >= 11 is 0. The van der Waals surface area contributed by atoms with Crippen LogP contribution < -0.4 is 9.46 Å². The number of hydrogen-bond acceptors (Lipinski definition) is 6. The molecule has 2 amide bonds. The highest BCUT2D eigenvalue weighted by Gasteiger charge is 2.64. The first-order valence-corrected chi connectivity index (χ1v) is 18.4. The molecule has 2 saturated carbocycles. The number of piperazine rings is 1.